The van der Waals surface area contributed by atoms with E-state index in [1.165, 1.54) is 109 Å². The Bertz CT molecular complexity index is 504. The van der Waals surface area contributed by atoms with E-state index in [4.69, 9.17) is 28.4 Å². The van der Waals surface area contributed by atoms with Gasteiger partial charge in [0, 0.05) is 13.0 Å². The van der Waals surface area contributed by atoms with Crippen molar-refractivity contribution in [3.05, 3.63) is 0 Å². The summed E-state index contributed by atoms with van der Waals surface area (Å²) in [7, 11) is 0. The molecule has 0 saturated carbocycles. The maximum absolute atomic E-state index is 11.5. The van der Waals surface area contributed by atoms with Gasteiger partial charge in [-0.25, -0.2) is 0 Å². The lowest BCUT2D eigenvalue weighted by atomic mass is 10.0. The highest BCUT2D eigenvalue weighted by molar-refractivity contribution is 5.69. The highest BCUT2D eigenvalue weighted by atomic mass is 16.6. The van der Waals surface area contributed by atoms with Gasteiger partial charge in [0.1, 0.15) is 6.61 Å². The van der Waals surface area contributed by atoms with Crippen molar-refractivity contribution in [1.82, 2.24) is 0 Å². The molecule has 0 aromatic heterocycles. The topological polar surface area (TPSA) is 72.5 Å². The van der Waals surface area contributed by atoms with Crippen LogP contribution in [-0.4, -0.2) is 78.6 Å². The molecule has 0 heterocycles. The fraction of sp³-hybridized carbons (Fsp3) is 0.971. The molecule has 0 rings (SSSR count). The smallest absolute Gasteiger partial charge is 0.305 e. The zero-order valence-corrected chi connectivity index (χ0v) is 28.0. The van der Waals surface area contributed by atoms with Crippen LogP contribution in [-0.2, 0) is 33.2 Å². The average molecular weight is 603 g/mol. The van der Waals surface area contributed by atoms with Crippen LogP contribution in [0.1, 0.15) is 149 Å². The first-order chi connectivity index (χ1) is 20.8. The molecule has 7 nitrogen and oxygen atoms in total. The fourth-order valence-electron chi connectivity index (χ4n) is 4.72. The summed E-state index contributed by atoms with van der Waals surface area (Å²) in [4.78, 5) is 11.5. The van der Waals surface area contributed by atoms with E-state index in [0.29, 0.717) is 72.5 Å². The van der Waals surface area contributed by atoms with Gasteiger partial charge >= 0.3 is 5.97 Å². The molecule has 0 aromatic carbocycles. The number of unbranched alkanes of at least 4 members (excludes halogenated alkanes) is 18. The van der Waals surface area contributed by atoms with Crippen molar-refractivity contribution in [2.75, 3.05) is 72.7 Å². The lowest BCUT2D eigenvalue weighted by Gasteiger charge is -2.08. The van der Waals surface area contributed by atoms with Crippen molar-refractivity contribution in [3.63, 3.8) is 0 Å². The number of carbonyl (C=O) groups is 1. The van der Waals surface area contributed by atoms with Gasteiger partial charge in [-0.05, 0) is 12.8 Å². The minimum absolute atomic E-state index is 0.134. The van der Waals surface area contributed by atoms with Crippen molar-refractivity contribution in [2.45, 2.75) is 149 Å². The molecule has 0 fully saturated rings. The highest BCUT2D eigenvalue weighted by Crippen LogP contribution is 2.13. The van der Waals surface area contributed by atoms with E-state index in [-0.39, 0.29) is 5.97 Å². The van der Waals surface area contributed by atoms with E-state index in [0.717, 1.165) is 25.9 Å². The predicted molar refractivity (Wildman–Crippen MR) is 173 cm³/mol. The van der Waals surface area contributed by atoms with E-state index in [9.17, 15) is 4.79 Å². The summed E-state index contributed by atoms with van der Waals surface area (Å²) < 4.78 is 32.8. The number of carbonyl (C=O) groups excluding carboxylic acids is 1. The Morgan fingerprint density at radius 3 is 1.00 bits per heavy atom. The second-order valence-corrected chi connectivity index (χ2v) is 11.4. The summed E-state index contributed by atoms with van der Waals surface area (Å²) in [6.45, 7) is 10.4. The molecule has 252 valence electrons. The van der Waals surface area contributed by atoms with Crippen molar-refractivity contribution in [3.8, 4) is 0 Å². The number of hydrogen-bond acceptors (Lipinski definition) is 7. The Morgan fingerprint density at radius 1 is 0.333 bits per heavy atom. The average Bonchev–Trinajstić information content (AvgIpc) is 3.00. The zero-order valence-electron chi connectivity index (χ0n) is 28.0. The monoisotopic (exact) mass is 603 g/mol. The van der Waals surface area contributed by atoms with Gasteiger partial charge in [-0.15, -0.1) is 0 Å². The number of ether oxygens (including phenoxy) is 6. The molecule has 0 aliphatic carbocycles. The summed E-state index contributed by atoms with van der Waals surface area (Å²) in [5.74, 6) is -0.134. The Hall–Kier alpha value is -0.730. The molecule has 0 saturated heterocycles. The lowest BCUT2D eigenvalue weighted by Crippen LogP contribution is -2.15. The Morgan fingerprint density at radius 2 is 0.619 bits per heavy atom. The number of hydrogen-bond donors (Lipinski definition) is 0. The standard InChI is InChI=1S/C35H70O7/c1-3-5-7-9-10-11-12-13-14-15-16-17-18-19-20-22-24-37-25-26-38-27-28-39-29-30-40-31-32-41-33-34-42-35(36)23-21-8-6-4-2/h3-34H2,1-2H3. The van der Waals surface area contributed by atoms with Crippen molar-refractivity contribution < 1.29 is 33.2 Å². The van der Waals surface area contributed by atoms with Crippen LogP contribution in [0.3, 0.4) is 0 Å². The second kappa shape index (κ2) is 38.3. The minimum Gasteiger partial charge on any atom is -0.463 e. The van der Waals surface area contributed by atoms with E-state index in [1.54, 1.807) is 0 Å². The summed E-state index contributed by atoms with van der Waals surface area (Å²) in [5, 5.41) is 0. The van der Waals surface area contributed by atoms with Crippen molar-refractivity contribution in [1.29, 1.82) is 0 Å². The first kappa shape index (κ1) is 41.3. The van der Waals surface area contributed by atoms with Crippen LogP contribution in [0.5, 0.6) is 0 Å². The fourth-order valence-corrected chi connectivity index (χ4v) is 4.72. The summed E-state index contributed by atoms with van der Waals surface area (Å²) in [6, 6.07) is 0. The van der Waals surface area contributed by atoms with Gasteiger partial charge in [0.25, 0.3) is 0 Å². The van der Waals surface area contributed by atoms with Gasteiger partial charge < -0.3 is 28.4 Å². The molecule has 42 heavy (non-hydrogen) atoms. The van der Waals surface area contributed by atoms with E-state index in [1.807, 2.05) is 0 Å². The minimum atomic E-state index is -0.134. The molecule has 0 bridgehead atoms. The molecular weight excluding hydrogens is 532 g/mol. The molecule has 0 N–H and O–H groups in total. The molecule has 0 unspecified atom stereocenters. The quantitative estimate of drug-likeness (QED) is 0.0519. The zero-order chi connectivity index (χ0) is 30.4. The molecule has 0 radical (unpaired) electrons. The summed E-state index contributed by atoms with van der Waals surface area (Å²) in [5.41, 5.74) is 0. The molecule has 0 atom stereocenters. The molecule has 0 aliphatic heterocycles. The van der Waals surface area contributed by atoms with E-state index >= 15 is 0 Å². The maximum atomic E-state index is 11.5. The van der Waals surface area contributed by atoms with Crippen LogP contribution in [0.25, 0.3) is 0 Å². The number of esters is 1. The van der Waals surface area contributed by atoms with Gasteiger partial charge in [0.2, 0.25) is 0 Å². The largest absolute Gasteiger partial charge is 0.463 e. The first-order valence-electron chi connectivity index (χ1n) is 17.9. The highest BCUT2D eigenvalue weighted by Gasteiger charge is 2.02. The predicted octanol–water partition coefficient (Wildman–Crippen LogP) is 8.84. The van der Waals surface area contributed by atoms with Crippen LogP contribution in [0.2, 0.25) is 0 Å². The van der Waals surface area contributed by atoms with E-state index in [2.05, 4.69) is 13.8 Å². The third kappa shape index (κ3) is 37.3. The van der Waals surface area contributed by atoms with Crippen molar-refractivity contribution >= 4 is 5.97 Å². The van der Waals surface area contributed by atoms with Gasteiger partial charge in [0.15, 0.2) is 0 Å². The first-order valence-corrected chi connectivity index (χ1v) is 17.9. The second-order valence-electron chi connectivity index (χ2n) is 11.4. The number of rotatable bonds is 37. The van der Waals surface area contributed by atoms with E-state index < -0.39 is 0 Å². The van der Waals surface area contributed by atoms with Gasteiger partial charge in [-0.2, -0.15) is 0 Å². The van der Waals surface area contributed by atoms with Gasteiger partial charge in [-0.1, -0.05) is 129 Å². The molecule has 0 amide bonds. The SMILES string of the molecule is CCCCCCCCCCCCCCCCCCOCCOCCOCCOCCOCCOC(=O)CCCCCC. The third-order valence-corrected chi connectivity index (χ3v) is 7.36. The molecule has 0 aliphatic rings. The lowest BCUT2D eigenvalue weighted by molar-refractivity contribution is -0.145. The Kier molecular flexibility index (Phi) is 37.6. The Balaban J connectivity index is 3.07. The van der Waals surface area contributed by atoms with Crippen LogP contribution >= 0.6 is 0 Å². The normalized spacial score (nSPS) is 11.4. The molecular formula is C35H70O7. The molecule has 0 aromatic rings. The van der Waals surface area contributed by atoms with Gasteiger partial charge in [0.05, 0.1) is 59.5 Å². The molecule has 0 spiro atoms. The van der Waals surface area contributed by atoms with Crippen LogP contribution in [0.4, 0.5) is 0 Å². The van der Waals surface area contributed by atoms with Crippen LogP contribution in [0, 0.1) is 0 Å². The van der Waals surface area contributed by atoms with Crippen molar-refractivity contribution in [2.24, 2.45) is 0 Å². The summed E-state index contributed by atoms with van der Waals surface area (Å²) >= 11 is 0. The summed E-state index contributed by atoms with van der Waals surface area (Å²) in [6.07, 6.45) is 27.1. The van der Waals surface area contributed by atoms with Gasteiger partial charge in [-0.3, -0.25) is 4.79 Å². The van der Waals surface area contributed by atoms with Crippen LogP contribution < -0.4 is 0 Å². The maximum Gasteiger partial charge on any atom is 0.305 e. The Labute approximate surface area is 260 Å². The van der Waals surface area contributed by atoms with Crippen LogP contribution in [0.15, 0.2) is 0 Å². The molecule has 7 heteroatoms. The third-order valence-electron chi connectivity index (χ3n) is 7.36.